The summed E-state index contributed by atoms with van der Waals surface area (Å²) in [5.74, 6) is 1.36. The lowest BCUT2D eigenvalue weighted by Crippen LogP contribution is -2.52. The van der Waals surface area contributed by atoms with Crippen molar-refractivity contribution in [2.75, 3.05) is 25.5 Å². The van der Waals surface area contributed by atoms with E-state index in [0.29, 0.717) is 30.7 Å². The van der Waals surface area contributed by atoms with Crippen molar-refractivity contribution in [3.8, 4) is 0 Å². The maximum atomic E-state index is 12.2. The lowest BCUT2D eigenvalue weighted by atomic mass is 10.1. The van der Waals surface area contributed by atoms with Crippen LogP contribution in [0.3, 0.4) is 0 Å². The molecule has 0 aromatic heterocycles. The molecule has 1 heterocycles. The van der Waals surface area contributed by atoms with Crippen LogP contribution in [0, 0.1) is 5.92 Å². The lowest BCUT2D eigenvalue weighted by Gasteiger charge is -2.32. The van der Waals surface area contributed by atoms with Gasteiger partial charge in [0.15, 0.2) is 5.12 Å². The monoisotopic (exact) mass is 503 g/mol. The van der Waals surface area contributed by atoms with Crippen LogP contribution in [0.5, 0.6) is 0 Å². The molecule has 0 spiro atoms. The average molecular weight is 504 g/mol. The third-order valence-corrected chi connectivity index (χ3v) is 10.0. The van der Waals surface area contributed by atoms with Crippen LogP contribution in [-0.2, 0) is 18.2 Å². The third-order valence-electron chi connectivity index (χ3n) is 6.29. The molecule has 2 unspecified atom stereocenters. The molecule has 1 fully saturated rings. The number of hydroxylamine groups is 1. The number of carbonyl (C=O) groups is 1. The van der Waals surface area contributed by atoms with Crippen LogP contribution < -0.4 is 5.48 Å². The second-order valence-corrected chi connectivity index (χ2v) is 13.5. The molecule has 1 aliphatic heterocycles. The number of hydrogen-bond donors (Lipinski definition) is 1. The number of carbonyl (C=O) groups excluding carboxylic acids is 1. The van der Waals surface area contributed by atoms with Crippen LogP contribution in [0.15, 0.2) is 0 Å². The molecule has 0 radical (unpaired) electrons. The second kappa shape index (κ2) is 21.4. The summed E-state index contributed by atoms with van der Waals surface area (Å²) in [7, 11) is -2.73. The Bertz CT molecular complexity index is 460. The van der Waals surface area contributed by atoms with Crippen molar-refractivity contribution in [1.82, 2.24) is 5.48 Å². The van der Waals surface area contributed by atoms with Crippen LogP contribution in [0.25, 0.3) is 0 Å². The van der Waals surface area contributed by atoms with Gasteiger partial charge in [-0.3, -0.25) is 9.32 Å². The second-order valence-electron chi connectivity index (χ2n) is 9.69. The van der Waals surface area contributed by atoms with E-state index in [1.165, 1.54) is 82.4 Å². The molecule has 5 nitrogen and oxygen atoms in total. The van der Waals surface area contributed by atoms with E-state index >= 15 is 0 Å². The zero-order valence-corrected chi connectivity index (χ0v) is 23.8. The topological polar surface area (TPSA) is 56.8 Å². The normalized spacial score (nSPS) is 21.6. The van der Waals surface area contributed by atoms with E-state index in [2.05, 4.69) is 26.3 Å². The molecule has 1 saturated heterocycles. The summed E-state index contributed by atoms with van der Waals surface area (Å²) >= 11 is 1.48. The van der Waals surface area contributed by atoms with Gasteiger partial charge in [0.1, 0.15) is 0 Å². The van der Waals surface area contributed by atoms with E-state index in [4.69, 9.17) is 13.4 Å². The molecule has 196 valence electrons. The zero-order valence-electron chi connectivity index (χ0n) is 22.0. The summed E-state index contributed by atoms with van der Waals surface area (Å²) in [6.45, 7) is 8.94. The Balaban J connectivity index is 2.29. The van der Waals surface area contributed by atoms with Gasteiger partial charge in [0, 0.05) is 38.0 Å². The molecule has 1 aliphatic rings. The minimum Gasteiger partial charge on any atom is -0.373 e. The predicted octanol–water partition coefficient (Wildman–Crippen LogP) is 7.67. The highest BCUT2D eigenvalue weighted by molar-refractivity contribution is 8.13. The Morgan fingerprint density at radius 3 is 2.27 bits per heavy atom. The van der Waals surface area contributed by atoms with Crippen LogP contribution in [0.2, 0.25) is 6.04 Å². The molecule has 0 bridgehead atoms. The van der Waals surface area contributed by atoms with Crippen molar-refractivity contribution in [2.45, 2.75) is 130 Å². The zero-order chi connectivity index (χ0) is 24.0. The van der Waals surface area contributed by atoms with Gasteiger partial charge >= 0.3 is 8.80 Å². The highest BCUT2D eigenvalue weighted by Crippen LogP contribution is 2.23. The van der Waals surface area contributed by atoms with Gasteiger partial charge in [0.25, 0.3) is 0 Å². The van der Waals surface area contributed by atoms with Crippen LogP contribution in [0.4, 0.5) is 0 Å². The highest BCUT2D eigenvalue weighted by Gasteiger charge is 2.42. The SMILES string of the molecule is CCCCCCCCCCO[Si]1(CCCSC(=O)CCCCCCC)OCCC(C)CNO1. The maximum Gasteiger partial charge on any atom is 0.517 e. The number of thioether (sulfide) groups is 1. The predicted molar refractivity (Wildman–Crippen MR) is 143 cm³/mol. The van der Waals surface area contributed by atoms with E-state index in [-0.39, 0.29) is 0 Å². The van der Waals surface area contributed by atoms with Gasteiger partial charge in [0.05, 0.1) is 0 Å². The van der Waals surface area contributed by atoms with Crippen molar-refractivity contribution in [1.29, 1.82) is 0 Å². The first-order chi connectivity index (χ1) is 16.1. The average Bonchev–Trinajstić information content (AvgIpc) is 2.79. The molecular formula is C26H53NO4SSi. The van der Waals surface area contributed by atoms with Crippen LogP contribution in [-0.4, -0.2) is 39.4 Å². The van der Waals surface area contributed by atoms with E-state index in [9.17, 15) is 4.79 Å². The Hall–Kier alpha value is 0.0769. The van der Waals surface area contributed by atoms with Crippen molar-refractivity contribution < 1.29 is 18.2 Å². The third kappa shape index (κ3) is 17.2. The highest BCUT2D eigenvalue weighted by atomic mass is 32.2. The molecule has 0 aliphatic carbocycles. The Labute approximate surface area is 210 Å². The van der Waals surface area contributed by atoms with Crippen LogP contribution >= 0.6 is 11.8 Å². The first-order valence-corrected chi connectivity index (χ1v) is 16.9. The van der Waals surface area contributed by atoms with E-state index in [1.54, 1.807) is 0 Å². The van der Waals surface area contributed by atoms with Gasteiger partial charge in [-0.1, -0.05) is 103 Å². The maximum absolute atomic E-state index is 12.2. The Morgan fingerprint density at radius 2 is 1.58 bits per heavy atom. The standard InChI is InChI=1S/C26H53NO4SSi/c1-4-6-8-10-11-12-14-16-20-29-33(30-21-19-25(3)24-27-31-33)23-17-22-32-26(28)18-15-13-9-7-5-2/h25,27H,4-24H2,1-3H3. The van der Waals surface area contributed by atoms with Crippen molar-refractivity contribution >= 4 is 25.7 Å². The molecule has 7 heteroatoms. The summed E-state index contributed by atoms with van der Waals surface area (Å²) in [4.78, 5) is 12.2. The molecule has 1 rings (SSSR count). The molecule has 33 heavy (non-hydrogen) atoms. The lowest BCUT2D eigenvalue weighted by molar-refractivity contribution is -0.111. The molecule has 0 aromatic rings. The fourth-order valence-corrected chi connectivity index (χ4v) is 7.44. The van der Waals surface area contributed by atoms with Gasteiger partial charge in [-0.2, -0.15) is 0 Å². The summed E-state index contributed by atoms with van der Waals surface area (Å²) in [5.41, 5.74) is 3.14. The van der Waals surface area contributed by atoms with Crippen LogP contribution in [0.1, 0.15) is 124 Å². The van der Waals surface area contributed by atoms with Gasteiger partial charge in [-0.05, 0) is 31.6 Å². The molecular weight excluding hydrogens is 450 g/mol. The fourth-order valence-electron chi connectivity index (χ4n) is 3.99. The van der Waals surface area contributed by atoms with Crippen molar-refractivity contribution in [3.05, 3.63) is 0 Å². The van der Waals surface area contributed by atoms with Crippen molar-refractivity contribution in [3.63, 3.8) is 0 Å². The Morgan fingerprint density at radius 1 is 0.939 bits per heavy atom. The van der Waals surface area contributed by atoms with Gasteiger partial charge in [-0.25, -0.2) is 5.48 Å². The smallest absolute Gasteiger partial charge is 0.373 e. The fraction of sp³-hybridized carbons (Fsp3) is 0.962. The molecule has 0 aromatic carbocycles. The minimum atomic E-state index is -2.73. The number of hydrogen-bond acceptors (Lipinski definition) is 6. The summed E-state index contributed by atoms with van der Waals surface area (Å²) in [6.07, 6.45) is 18.9. The number of rotatable bonds is 20. The first kappa shape index (κ1) is 31.1. The molecule has 0 amide bonds. The summed E-state index contributed by atoms with van der Waals surface area (Å²) < 4.78 is 18.7. The summed E-state index contributed by atoms with van der Waals surface area (Å²) in [5, 5.41) is 0.327. The first-order valence-electron chi connectivity index (χ1n) is 14.0. The van der Waals surface area contributed by atoms with E-state index < -0.39 is 8.80 Å². The summed E-state index contributed by atoms with van der Waals surface area (Å²) in [6, 6.07) is 0.780. The Kier molecular flexibility index (Phi) is 20.1. The number of nitrogens with one attached hydrogen (secondary N) is 1. The largest absolute Gasteiger partial charge is 0.517 e. The minimum absolute atomic E-state index is 0.327. The van der Waals surface area contributed by atoms with Gasteiger partial charge in [0.2, 0.25) is 0 Å². The molecule has 1 N–H and O–H groups in total. The number of unbranched alkanes of at least 4 members (excludes halogenated alkanes) is 11. The molecule has 0 saturated carbocycles. The quantitative estimate of drug-likeness (QED) is 0.136. The molecule has 2 atom stereocenters. The van der Waals surface area contributed by atoms with Crippen molar-refractivity contribution in [2.24, 2.45) is 5.92 Å². The van der Waals surface area contributed by atoms with E-state index in [1.807, 2.05) is 0 Å². The van der Waals surface area contributed by atoms with Gasteiger partial charge in [-0.15, -0.1) is 0 Å². The van der Waals surface area contributed by atoms with Gasteiger partial charge < -0.3 is 8.85 Å². The van der Waals surface area contributed by atoms with E-state index in [0.717, 1.165) is 44.0 Å².